The van der Waals surface area contributed by atoms with E-state index >= 15 is 0 Å². The summed E-state index contributed by atoms with van der Waals surface area (Å²) >= 11 is 2.89. The molecule has 0 unspecified atom stereocenters. The van der Waals surface area contributed by atoms with Crippen LogP contribution in [0.5, 0.6) is 5.75 Å². The van der Waals surface area contributed by atoms with Crippen molar-refractivity contribution < 1.29 is 23.9 Å². The van der Waals surface area contributed by atoms with Crippen LogP contribution in [-0.2, 0) is 0 Å². The van der Waals surface area contributed by atoms with Crippen molar-refractivity contribution in [2.24, 2.45) is 5.73 Å². The minimum absolute atomic E-state index is 0. The normalized spacial score (nSPS) is 12.7. The average molecular weight is 364 g/mol. The Bertz CT molecular complexity index is 490. The van der Waals surface area contributed by atoms with Gasteiger partial charge in [0.1, 0.15) is 12.6 Å². The number of nitrogens with zero attached hydrogens (tertiary/aromatic N) is 1. The molecule has 0 aliphatic carbocycles. The molecule has 0 saturated heterocycles. The number of hydrogen-bond donors (Lipinski definition) is 3. The molecule has 6 nitrogen and oxygen atoms in total. The zero-order valence-electron chi connectivity index (χ0n) is 9.22. The Balaban J connectivity index is 0.00000324. The highest BCUT2D eigenvalue weighted by Crippen LogP contribution is 2.40. The van der Waals surface area contributed by atoms with Gasteiger partial charge in [0.05, 0.1) is 4.92 Å². The molecule has 19 heavy (non-hydrogen) atoms. The van der Waals surface area contributed by atoms with E-state index in [2.05, 4.69) is 15.9 Å². The molecule has 0 bridgehead atoms. The lowest BCUT2D eigenvalue weighted by Crippen LogP contribution is -2.36. The summed E-state index contributed by atoms with van der Waals surface area (Å²) in [4.78, 5) is 9.69. The van der Waals surface area contributed by atoms with Crippen molar-refractivity contribution in [3.05, 3.63) is 32.3 Å². The van der Waals surface area contributed by atoms with Gasteiger partial charge in [0.2, 0.25) is 0 Å². The molecule has 0 radical (unpaired) electrons. The first-order chi connectivity index (χ1) is 8.20. The first-order valence-corrected chi connectivity index (χ1v) is 5.41. The number of aliphatic hydroxyl groups is 1. The van der Waals surface area contributed by atoms with Gasteiger partial charge < -0.3 is 15.9 Å². The average Bonchev–Trinajstić information content (AvgIpc) is 2.30. The fourth-order valence-electron chi connectivity index (χ4n) is 1.31. The lowest BCUT2D eigenvalue weighted by atomic mass is 10.00. The molecule has 4 N–H and O–H groups in total. The van der Waals surface area contributed by atoms with Crippen LogP contribution in [0.1, 0.15) is 11.6 Å². The van der Waals surface area contributed by atoms with Gasteiger partial charge in [0, 0.05) is 16.1 Å². The lowest BCUT2D eigenvalue weighted by molar-refractivity contribution is -0.386. The standard InChI is InChI=1S/C9H9BrF2N2O4.ClH/c10-4-1-5(8(13)9(11,12)3-15)7(16)6(2-4)14(17)18;/h1-2,8,15-16H,3,13H2;1H/t8-;/m1./s1. The molecule has 1 aromatic carbocycles. The second kappa shape index (κ2) is 6.42. The molecular formula is C9H10BrClF2N2O4. The van der Waals surface area contributed by atoms with E-state index in [-0.39, 0.29) is 16.9 Å². The molecular weight excluding hydrogens is 353 g/mol. The lowest BCUT2D eigenvalue weighted by Gasteiger charge is -2.22. The maximum absolute atomic E-state index is 13.2. The minimum atomic E-state index is -3.70. The van der Waals surface area contributed by atoms with Crippen molar-refractivity contribution in [1.29, 1.82) is 0 Å². The Morgan fingerprint density at radius 1 is 1.53 bits per heavy atom. The molecule has 0 aliphatic heterocycles. The fourth-order valence-corrected chi connectivity index (χ4v) is 1.77. The predicted molar refractivity (Wildman–Crippen MR) is 68.7 cm³/mol. The highest BCUT2D eigenvalue weighted by molar-refractivity contribution is 9.10. The number of hydrogen-bond acceptors (Lipinski definition) is 5. The molecule has 0 spiro atoms. The van der Waals surface area contributed by atoms with Gasteiger partial charge in [-0.15, -0.1) is 12.4 Å². The van der Waals surface area contributed by atoms with Gasteiger partial charge >= 0.3 is 5.69 Å². The van der Waals surface area contributed by atoms with E-state index in [1.807, 2.05) is 0 Å². The predicted octanol–water partition coefficient (Wildman–Crippen LogP) is 2.11. The molecule has 0 aliphatic rings. The van der Waals surface area contributed by atoms with Gasteiger partial charge in [0.15, 0.2) is 5.75 Å². The van der Waals surface area contributed by atoms with Gasteiger partial charge in [-0.3, -0.25) is 10.1 Å². The highest BCUT2D eigenvalue weighted by Gasteiger charge is 2.40. The van der Waals surface area contributed by atoms with Crippen molar-refractivity contribution in [1.82, 2.24) is 0 Å². The van der Waals surface area contributed by atoms with Crippen molar-refractivity contribution in [3.8, 4) is 5.75 Å². The van der Waals surface area contributed by atoms with E-state index in [0.29, 0.717) is 0 Å². The van der Waals surface area contributed by atoms with Gasteiger partial charge in [-0.25, -0.2) is 8.78 Å². The number of halogens is 4. The summed E-state index contributed by atoms with van der Waals surface area (Å²) in [7, 11) is 0. The SMILES string of the molecule is Cl.N[C@H](c1cc(Br)cc([N+](=O)[O-])c1O)C(F)(F)CO. The summed E-state index contributed by atoms with van der Waals surface area (Å²) in [6.45, 7) is -1.53. The number of nitro groups is 1. The van der Waals surface area contributed by atoms with Gasteiger partial charge in [-0.2, -0.15) is 0 Å². The first kappa shape index (κ1) is 18.0. The summed E-state index contributed by atoms with van der Waals surface area (Å²) in [5.41, 5.74) is 3.94. The van der Waals surface area contributed by atoms with Crippen LogP contribution in [0.15, 0.2) is 16.6 Å². The van der Waals surface area contributed by atoms with E-state index in [9.17, 15) is 24.0 Å². The van der Waals surface area contributed by atoms with E-state index in [1.165, 1.54) is 0 Å². The monoisotopic (exact) mass is 362 g/mol. The molecule has 0 amide bonds. The molecule has 0 fully saturated rings. The fraction of sp³-hybridized carbons (Fsp3) is 0.333. The molecule has 0 aromatic heterocycles. The molecule has 108 valence electrons. The van der Waals surface area contributed by atoms with Crippen LogP contribution in [0.25, 0.3) is 0 Å². The molecule has 0 saturated carbocycles. The third-order valence-electron chi connectivity index (χ3n) is 2.28. The maximum Gasteiger partial charge on any atom is 0.312 e. The van der Waals surface area contributed by atoms with E-state index in [4.69, 9.17) is 10.8 Å². The summed E-state index contributed by atoms with van der Waals surface area (Å²) in [5, 5.41) is 28.7. The highest BCUT2D eigenvalue weighted by atomic mass is 79.9. The number of nitro benzene ring substituents is 1. The van der Waals surface area contributed by atoms with Crippen LogP contribution in [0.4, 0.5) is 14.5 Å². The van der Waals surface area contributed by atoms with Crippen LogP contribution in [0.2, 0.25) is 0 Å². The third-order valence-corrected chi connectivity index (χ3v) is 2.74. The quantitative estimate of drug-likeness (QED) is 0.560. The van der Waals surface area contributed by atoms with Crippen LogP contribution in [0.3, 0.4) is 0 Å². The number of alkyl halides is 2. The second-order valence-corrected chi connectivity index (χ2v) is 4.43. The number of phenolic OH excluding ortho intramolecular Hbond substituents is 1. The van der Waals surface area contributed by atoms with Gasteiger partial charge in [0.25, 0.3) is 5.92 Å². The Labute approximate surface area is 120 Å². The maximum atomic E-state index is 13.2. The zero-order valence-corrected chi connectivity index (χ0v) is 11.6. The molecule has 10 heteroatoms. The number of phenols is 1. The smallest absolute Gasteiger partial charge is 0.312 e. The first-order valence-electron chi connectivity index (χ1n) is 4.61. The molecule has 1 aromatic rings. The van der Waals surface area contributed by atoms with E-state index in [1.54, 1.807) is 0 Å². The Morgan fingerprint density at radius 3 is 2.47 bits per heavy atom. The number of nitrogens with two attached hydrogens (primary N) is 1. The van der Waals surface area contributed by atoms with Crippen molar-refractivity contribution in [2.45, 2.75) is 12.0 Å². The van der Waals surface area contributed by atoms with Crippen LogP contribution in [-0.4, -0.2) is 27.7 Å². The van der Waals surface area contributed by atoms with Crippen molar-refractivity contribution in [2.75, 3.05) is 6.61 Å². The molecule has 0 heterocycles. The van der Waals surface area contributed by atoms with E-state index < -0.39 is 40.5 Å². The topological polar surface area (TPSA) is 110 Å². The summed E-state index contributed by atoms with van der Waals surface area (Å²) in [5.74, 6) is -4.64. The number of rotatable bonds is 4. The number of aliphatic hydroxyl groups excluding tert-OH is 1. The third kappa shape index (κ3) is 3.72. The van der Waals surface area contributed by atoms with Crippen LogP contribution >= 0.6 is 28.3 Å². The van der Waals surface area contributed by atoms with Gasteiger partial charge in [-0.1, -0.05) is 15.9 Å². The largest absolute Gasteiger partial charge is 0.502 e. The minimum Gasteiger partial charge on any atom is -0.502 e. The Hall–Kier alpha value is -1.03. The summed E-state index contributed by atoms with van der Waals surface area (Å²) in [6, 6.07) is -0.0575. The van der Waals surface area contributed by atoms with Crippen LogP contribution in [0, 0.1) is 10.1 Å². The summed E-state index contributed by atoms with van der Waals surface area (Å²) < 4.78 is 26.5. The Morgan fingerprint density at radius 2 is 2.05 bits per heavy atom. The number of aromatic hydroxyl groups is 1. The summed E-state index contributed by atoms with van der Waals surface area (Å²) in [6.07, 6.45) is 0. The Kier molecular flexibility index (Phi) is 6.07. The van der Waals surface area contributed by atoms with Gasteiger partial charge in [-0.05, 0) is 6.07 Å². The van der Waals surface area contributed by atoms with Crippen LogP contribution < -0.4 is 5.73 Å². The number of benzene rings is 1. The zero-order chi connectivity index (χ0) is 14.1. The molecule has 1 atom stereocenters. The van der Waals surface area contributed by atoms with Crippen molar-refractivity contribution >= 4 is 34.0 Å². The molecule has 1 rings (SSSR count). The second-order valence-electron chi connectivity index (χ2n) is 3.52. The van der Waals surface area contributed by atoms with Crippen molar-refractivity contribution in [3.63, 3.8) is 0 Å². The van der Waals surface area contributed by atoms with E-state index in [0.717, 1.165) is 12.1 Å².